The summed E-state index contributed by atoms with van der Waals surface area (Å²) in [4.78, 5) is 24.9. The van der Waals surface area contributed by atoms with Crippen molar-refractivity contribution in [3.63, 3.8) is 0 Å². The lowest BCUT2D eigenvalue weighted by molar-refractivity contribution is -0.161. The highest BCUT2D eigenvalue weighted by molar-refractivity contribution is 5.87. The first kappa shape index (κ1) is 15.0. The second-order valence-corrected chi connectivity index (χ2v) is 4.94. The number of hydrogen-bond donors (Lipinski definition) is 1. The number of carbonyl (C=O) groups excluding carboxylic acids is 1. The lowest BCUT2D eigenvalue weighted by Crippen LogP contribution is -2.57. The van der Waals surface area contributed by atoms with Crippen LogP contribution in [0.5, 0.6) is 0 Å². The average Bonchev–Trinajstić information content (AvgIpc) is 2.34. The van der Waals surface area contributed by atoms with Crippen LogP contribution in [0.2, 0.25) is 0 Å². The van der Waals surface area contributed by atoms with Gasteiger partial charge in [-0.2, -0.15) is 0 Å². The highest BCUT2D eigenvalue weighted by Crippen LogP contribution is 2.28. The van der Waals surface area contributed by atoms with Crippen molar-refractivity contribution in [2.24, 2.45) is 0 Å². The Morgan fingerprint density at radius 1 is 1.33 bits per heavy atom. The van der Waals surface area contributed by atoms with Gasteiger partial charge >= 0.3 is 5.97 Å². The van der Waals surface area contributed by atoms with E-state index in [1.165, 1.54) is 4.90 Å². The van der Waals surface area contributed by atoms with E-state index in [4.69, 9.17) is 4.74 Å². The van der Waals surface area contributed by atoms with Crippen molar-refractivity contribution in [3.05, 3.63) is 0 Å². The first-order valence-electron chi connectivity index (χ1n) is 6.64. The van der Waals surface area contributed by atoms with Crippen LogP contribution in [0.4, 0.5) is 0 Å². The number of hydrogen-bond acceptors (Lipinski definition) is 3. The molecule has 18 heavy (non-hydrogen) atoms. The fraction of sp³-hybridized carbons (Fsp3) is 0.846. The van der Waals surface area contributed by atoms with E-state index in [9.17, 15) is 14.7 Å². The zero-order valence-electron chi connectivity index (χ0n) is 11.3. The molecule has 1 amide bonds. The van der Waals surface area contributed by atoms with Crippen LogP contribution in [-0.4, -0.2) is 47.2 Å². The molecule has 0 radical (unpaired) electrons. The summed E-state index contributed by atoms with van der Waals surface area (Å²) in [6.07, 6.45) is 3.46. The number of rotatable bonds is 6. The Balaban J connectivity index is 2.55. The molecule has 1 heterocycles. The second-order valence-electron chi connectivity index (χ2n) is 4.94. The van der Waals surface area contributed by atoms with Crippen LogP contribution < -0.4 is 0 Å². The second kappa shape index (κ2) is 6.73. The predicted molar refractivity (Wildman–Crippen MR) is 67.3 cm³/mol. The molecule has 0 aromatic rings. The SMILES string of the molecule is CCCOCCC(=O)N1CCCCC1(C)C(=O)O. The van der Waals surface area contributed by atoms with Crippen molar-refractivity contribution in [2.75, 3.05) is 19.8 Å². The average molecular weight is 257 g/mol. The van der Waals surface area contributed by atoms with E-state index in [2.05, 4.69) is 0 Å². The number of amides is 1. The molecule has 1 fully saturated rings. The molecule has 1 N–H and O–H groups in total. The Labute approximate surface area is 108 Å². The lowest BCUT2D eigenvalue weighted by atomic mass is 9.88. The molecule has 1 aliphatic heterocycles. The Morgan fingerprint density at radius 2 is 2.06 bits per heavy atom. The van der Waals surface area contributed by atoms with Crippen LogP contribution in [0.15, 0.2) is 0 Å². The molecule has 0 aromatic heterocycles. The summed E-state index contributed by atoms with van der Waals surface area (Å²) in [7, 11) is 0. The van der Waals surface area contributed by atoms with E-state index in [-0.39, 0.29) is 12.3 Å². The van der Waals surface area contributed by atoms with Gasteiger partial charge in [0.2, 0.25) is 5.91 Å². The van der Waals surface area contributed by atoms with Gasteiger partial charge in [-0.1, -0.05) is 6.92 Å². The zero-order valence-corrected chi connectivity index (χ0v) is 11.3. The Morgan fingerprint density at radius 3 is 2.67 bits per heavy atom. The Hall–Kier alpha value is -1.10. The van der Waals surface area contributed by atoms with E-state index >= 15 is 0 Å². The normalized spacial score (nSPS) is 24.0. The lowest BCUT2D eigenvalue weighted by Gasteiger charge is -2.41. The molecule has 0 bridgehead atoms. The summed E-state index contributed by atoms with van der Waals surface area (Å²) >= 11 is 0. The van der Waals surface area contributed by atoms with Gasteiger partial charge in [0.25, 0.3) is 0 Å². The van der Waals surface area contributed by atoms with Gasteiger partial charge in [-0.05, 0) is 32.6 Å². The first-order valence-corrected chi connectivity index (χ1v) is 6.64. The van der Waals surface area contributed by atoms with Gasteiger partial charge in [-0.15, -0.1) is 0 Å². The van der Waals surface area contributed by atoms with Crippen LogP contribution in [-0.2, 0) is 14.3 Å². The smallest absolute Gasteiger partial charge is 0.329 e. The van der Waals surface area contributed by atoms with Crippen molar-refractivity contribution in [3.8, 4) is 0 Å². The number of nitrogens with zero attached hydrogens (tertiary/aromatic N) is 1. The highest BCUT2D eigenvalue weighted by Gasteiger charge is 2.43. The minimum absolute atomic E-state index is 0.115. The van der Waals surface area contributed by atoms with Crippen molar-refractivity contribution in [1.29, 1.82) is 0 Å². The molecule has 5 nitrogen and oxygen atoms in total. The minimum Gasteiger partial charge on any atom is -0.480 e. The molecule has 1 saturated heterocycles. The number of piperidine rings is 1. The van der Waals surface area contributed by atoms with Gasteiger partial charge in [0.1, 0.15) is 5.54 Å². The molecule has 0 spiro atoms. The number of ether oxygens (including phenoxy) is 1. The summed E-state index contributed by atoms with van der Waals surface area (Å²) < 4.78 is 5.28. The number of carbonyl (C=O) groups is 2. The summed E-state index contributed by atoms with van der Waals surface area (Å²) in [5, 5.41) is 9.30. The molecular formula is C13H23NO4. The van der Waals surface area contributed by atoms with E-state index in [1.807, 2.05) is 6.92 Å². The molecule has 5 heteroatoms. The van der Waals surface area contributed by atoms with Crippen LogP contribution in [0.3, 0.4) is 0 Å². The Kier molecular flexibility index (Phi) is 5.59. The molecule has 104 valence electrons. The van der Waals surface area contributed by atoms with Crippen LogP contribution >= 0.6 is 0 Å². The van der Waals surface area contributed by atoms with Gasteiger partial charge in [-0.3, -0.25) is 4.79 Å². The molecular weight excluding hydrogens is 234 g/mol. The molecule has 0 aliphatic carbocycles. The summed E-state index contributed by atoms with van der Waals surface area (Å²) in [6, 6.07) is 0. The standard InChI is InChI=1S/C13H23NO4/c1-3-9-18-10-6-11(15)14-8-5-4-7-13(14,2)12(16)17/h3-10H2,1-2H3,(H,16,17). The zero-order chi connectivity index (χ0) is 13.6. The number of carboxylic acids is 1. The largest absolute Gasteiger partial charge is 0.480 e. The van der Waals surface area contributed by atoms with Crippen molar-refractivity contribution < 1.29 is 19.4 Å². The molecule has 1 aliphatic rings. The highest BCUT2D eigenvalue weighted by atomic mass is 16.5. The number of likely N-dealkylation sites (tertiary alicyclic amines) is 1. The number of aliphatic carboxylic acids is 1. The third-order valence-electron chi connectivity index (χ3n) is 3.46. The van der Waals surface area contributed by atoms with Crippen LogP contribution in [0, 0.1) is 0 Å². The fourth-order valence-electron chi connectivity index (χ4n) is 2.28. The molecule has 1 rings (SSSR count). The maximum atomic E-state index is 12.1. The van der Waals surface area contributed by atoms with Gasteiger partial charge in [0, 0.05) is 13.2 Å². The molecule has 1 unspecified atom stereocenters. The first-order chi connectivity index (χ1) is 8.52. The van der Waals surface area contributed by atoms with Crippen LogP contribution in [0.1, 0.15) is 46.0 Å². The van der Waals surface area contributed by atoms with Gasteiger partial charge in [0.05, 0.1) is 13.0 Å². The number of carboxylic acid groups (broad SMARTS) is 1. The topological polar surface area (TPSA) is 66.8 Å². The van der Waals surface area contributed by atoms with Crippen molar-refractivity contribution in [2.45, 2.75) is 51.5 Å². The van der Waals surface area contributed by atoms with Crippen molar-refractivity contribution in [1.82, 2.24) is 4.90 Å². The van der Waals surface area contributed by atoms with E-state index < -0.39 is 11.5 Å². The molecule has 1 atom stereocenters. The van der Waals surface area contributed by atoms with E-state index in [0.29, 0.717) is 26.2 Å². The third-order valence-corrected chi connectivity index (χ3v) is 3.46. The third kappa shape index (κ3) is 3.45. The van der Waals surface area contributed by atoms with Crippen LogP contribution in [0.25, 0.3) is 0 Å². The van der Waals surface area contributed by atoms with Crippen molar-refractivity contribution >= 4 is 11.9 Å². The predicted octanol–water partition coefficient (Wildman–Crippen LogP) is 1.66. The summed E-state index contributed by atoms with van der Waals surface area (Å²) in [6.45, 7) is 5.20. The molecule has 0 aromatic carbocycles. The van der Waals surface area contributed by atoms with E-state index in [1.54, 1.807) is 6.92 Å². The minimum atomic E-state index is -1.04. The van der Waals surface area contributed by atoms with E-state index in [0.717, 1.165) is 19.3 Å². The maximum absolute atomic E-state index is 12.1. The Bertz CT molecular complexity index is 305. The monoisotopic (exact) mass is 257 g/mol. The quantitative estimate of drug-likeness (QED) is 0.735. The summed E-state index contributed by atoms with van der Waals surface area (Å²) in [5.41, 5.74) is -1.04. The van der Waals surface area contributed by atoms with Gasteiger partial charge < -0.3 is 14.7 Å². The summed E-state index contributed by atoms with van der Waals surface area (Å²) in [5.74, 6) is -1.03. The van der Waals surface area contributed by atoms with Gasteiger partial charge in [-0.25, -0.2) is 4.79 Å². The fourth-order valence-corrected chi connectivity index (χ4v) is 2.28. The van der Waals surface area contributed by atoms with Gasteiger partial charge in [0.15, 0.2) is 0 Å². The molecule has 0 saturated carbocycles. The maximum Gasteiger partial charge on any atom is 0.329 e.